The number of rotatable bonds is 4. The van der Waals surface area contributed by atoms with Gasteiger partial charge in [0, 0.05) is 12.5 Å². The van der Waals surface area contributed by atoms with Crippen molar-refractivity contribution < 1.29 is 0 Å². The summed E-state index contributed by atoms with van der Waals surface area (Å²) < 4.78 is 0. The number of nitrogens with one attached hydrogen (secondary N) is 1. The molecule has 2 nitrogen and oxygen atoms in total. The first kappa shape index (κ1) is 10.6. The largest absolute Gasteiger partial charge is 0.271 e. The molecule has 0 spiro atoms. The summed E-state index contributed by atoms with van der Waals surface area (Å²) in [5.41, 5.74) is 3.41. The van der Waals surface area contributed by atoms with Crippen molar-refractivity contribution >= 4 is 0 Å². The van der Waals surface area contributed by atoms with Crippen LogP contribution in [-0.2, 0) is 0 Å². The van der Waals surface area contributed by atoms with Crippen LogP contribution in [0.25, 0.3) is 0 Å². The fraction of sp³-hybridized carbons (Fsp3) is 0.818. The molecular weight excluding hydrogens is 160 g/mol. The second-order valence-corrected chi connectivity index (χ2v) is 4.54. The maximum absolute atomic E-state index is 5.52. The van der Waals surface area contributed by atoms with Gasteiger partial charge in [0.1, 0.15) is 0 Å². The van der Waals surface area contributed by atoms with Crippen LogP contribution in [0.4, 0.5) is 0 Å². The van der Waals surface area contributed by atoms with Gasteiger partial charge in [0.25, 0.3) is 0 Å². The Morgan fingerprint density at radius 3 is 2.62 bits per heavy atom. The van der Waals surface area contributed by atoms with Gasteiger partial charge in [-0.15, -0.1) is 11.8 Å². The van der Waals surface area contributed by atoms with Crippen LogP contribution < -0.4 is 11.3 Å². The molecule has 0 aromatic rings. The lowest BCUT2D eigenvalue weighted by Gasteiger charge is -2.15. The van der Waals surface area contributed by atoms with E-state index in [0.29, 0.717) is 11.5 Å². The number of nitrogens with two attached hydrogens (primary N) is 1. The Labute approximate surface area is 81.2 Å². The fourth-order valence-corrected chi connectivity index (χ4v) is 1.95. The summed E-state index contributed by atoms with van der Waals surface area (Å²) >= 11 is 0. The lowest BCUT2D eigenvalue weighted by Crippen LogP contribution is -2.37. The van der Waals surface area contributed by atoms with Crippen LogP contribution in [0.15, 0.2) is 0 Å². The smallest absolute Gasteiger partial charge is 0.0253 e. The SMILES string of the molecule is CC#CCCC(NN)C1CC1(C)C. The third-order valence-corrected chi connectivity index (χ3v) is 3.05. The Balaban J connectivity index is 2.31. The highest BCUT2D eigenvalue weighted by atomic mass is 15.2. The minimum Gasteiger partial charge on any atom is -0.271 e. The quantitative estimate of drug-likeness (QED) is 0.392. The van der Waals surface area contributed by atoms with Gasteiger partial charge >= 0.3 is 0 Å². The van der Waals surface area contributed by atoms with Crippen molar-refractivity contribution in [2.75, 3.05) is 0 Å². The molecule has 3 N–H and O–H groups in total. The molecule has 2 heteroatoms. The zero-order chi connectivity index (χ0) is 9.90. The highest BCUT2D eigenvalue weighted by Gasteiger charge is 2.49. The lowest BCUT2D eigenvalue weighted by atomic mass is 10.0. The summed E-state index contributed by atoms with van der Waals surface area (Å²) in [5, 5.41) is 0. The molecule has 0 bridgehead atoms. The van der Waals surface area contributed by atoms with Gasteiger partial charge in [0.15, 0.2) is 0 Å². The van der Waals surface area contributed by atoms with Crippen molar-refractivity contribution in [1.82, 2.24) is 5.43 Å². The van der Waals surface area contributed by atoms with E-state index in [1.165, 1.54) is 6.42 Å². The predicted molar refractivity (Wildman–Crippen MR) is 55.7 cm³/mol. The van der Waals surface area contributed by atoms with Crippen LogP contribution >= 0.6 is 0 Å². The van der Waals surface area contributed by atoms with Gasteiger partial charge in [0.05, 0.1) is 0 Å². The summed E-state index contributed by atoms with van der Waals surface area (Å²) in [6, 6.07) is 0.454. The van der Waals surface area contributed by atoms with Crippen molar-refractivity contribution in [3.8, 4) is 11.8 Å². The Morgan fingerprint density at radius 2 is 2.23 bits per heavy atom. The molecule has 0 aromatic heterocycles. The van der Waals surface area contributed by atoms with Crippen molar-refractivity contribution in [1.29, 1.82) is 0 Å². The molecule has 1 rings (SSSR count). The van der Waals surface area contributed by atoms with Crippen molar-refractivity contribution in [2.45, 2.75) is 46.1 Å². The molecule has 0 radical (unpaired) electrons. The topological polar surface area (TPSA) is 38.0 Å². The molecular formula is C11H20N2. The Hall–Kier alpha value is -0.520. The Bertz CT molecular complexity index is 222. The van der Waals surface area contributed by atoms with E-state index in [2.05, 4.69) is 31.1 Å². The Morgan fingerprint density at radius 1 is 1.62 bits per heavy atom. The van der Waals surface area contributed by atoms with E-state index in [1.807, 2.05) is 6.92 Å². The van der Waals surface area contributed by atoms with Crippen molar-refractivity contribution in [3.05, 3.63) is 0 Å². The number of hydrogen-bond acceptors (Lipinski definition) is 2. The number of hydrazine groups is 1. The monoisotopic (exact) mass is 180 g/mol. The molecule has 0 aliphatic heterocycles. The summed E-state index contributed by atoms with van der Waals surface area (Å²) in [5.74, 6) is 12.3. The average molecular weight is 180 g/mol. The van der Waals surface area contributed by atoms with Crippen LogP contribution in [-0.4, -0.2) is 6.04 Å². The van der Waals surface area contributed by atoms with Crippen LogP contribution in [0.1, 0.15) is 40.0 Å². The standard InChI is InChI=1S/C11H20N2/c1-4-5-6-7-10(13-12)9-8-11(9,2)3/h9-10,13H,6-8,12H2,1-3H3. The maximum Gasteiger partial charge on any atom is 0.0253 e. The van der Waals surface area contributed by atoms with Crippen LogP contribution in [0.5, 0.6) is 0 Å². The van der Waals surface area contributed by atoms with Gasteiger partial charge in [-0.25, -0.2) is 0 Å². The summed E-state index contributed by atoms with van der Waals surface area (Å²) in [7, 11) is 0. The van der Waals surface area contributed by atoms with E-state index in [0.717, 1.165) is 18.8 Å². The first-order valence-corrected chi connectivity index (χ1v) is 4.97. The minimum absolute atomic E-state index is 0.454. The molecule has 0 amide bonds. The van der Waals surface area contributed by atoms with E-state index < -0.39 is 0 Å². The third kappa shape index (κ3) is 2.72. The van der Waals surface area contributed by atoms with E-state index in [9.17, 15) is 0 Å². The van der Waals surface area contributed by atoms with Crippen molar-refractivity contribution in [3.63, 3.8) is 0 Å². The molecule has 74 valence electrons. The first-order chi connectivity index (χ1) is 6.11. The zero-order valence-electron chi connectivity index (χ0n) is 8.85. The van der Waals surface area contributed by atoms with Gasteiger partial charge in [-0.05, 0) is 31.1 Å². The number of hydrogen-bond donors (Lipinski definition) is 2. The molecule has 13 heavy (non-hydrogen) atoms. The highest BCUT2D eigenvalue weighted by Crippen LogP contribution is 2.54. The van der Waals surface area contributed by atoms with E-state index in [-0.39, 0.29) is 0 Å². The van der Waals surface area contributed by atoms with E-state index in [4.69, 9.17) is 5.84 Å². The average Bonchev–Trinajstić information content (AvgIpc) is 2.69. The molecule has 1 fully saturated rings. The lowest BCUT2D eigenvalue weighted by molar-refractivity contribution is 0.394. The molecule has 2 unspecified atom stereocenters. The van der Waals surface area contributed by atoms with Gasteiger partial charge in [0.2, 0.25) is 0 Å². The normalized spacial score (nSPS) is 26.0. The first-order valence-electron chi connectivity index (χ1n) is 4.97. The molecule has 1 saturated carbocycles. The summed E-state index contributed by atoms with van der Waals surface area (Å²) in [6.07, 6.45) is 3.32. The van der Waals surface area contributed by atoms with Gasteiger partial charge in [-0.3, -0.25) is 11.3 Å². The molecule has 0 saturated heterocycles. The third-order valence-electron chi connectivity index (χ3n) is 3.05. The molecule has 0 aromatic carbocycles. The summed E-state index contributed by atoms with van der Waals surface area (Å²) in [6.45, 7) is 6.48. The zero-order valence-corrected chi connectivity index (χ0v) is 8.85. The molecule has 0 heterocycles. The highest BCUT2D eigenvalue weighted by molar-refractivity contribution is 5.03. The van der Waals surface area contributed by atoms with Gasteiger partial charge in [-0.1, -0.05) is 13.8 Å². The molecule has 2 atom stereocenters. The second kappa shape index (κ2) is 4.13. The fourth-order valence-electron chi connectivity index (χ4n) is 1.95. The van der Waals surface area contributed by atoms with Crippen LogP contribution in [0.2, 0.25) is 0 Å². The molecule has 1 aliphatic carbocycles. The van der Waals surface area contributed by atoms with Crippen LogP contribution in [0, 0.1) is 23.2 Å². The van der Waals surface area contributed by atoms with E-state index >= 15 is 0 Å². The molecule has 1 aliphatic rings. The Kier molecular flexibility index (Phi) is 3.35. The van der Waals surface area contributed by atoms with Crippen LogP contribution in [0.3, 0.4) is 0 Å². The van der Waals surface area contributed by atoms with E-state index in [1.54, 1.807) is 0 Å². The van der Waals surface area contributed by atoms with Gasteiger partial charge in [-0.2, -0.15) is 0 Å². The van der Waals surface area contributed by atoms with Gasteiger partial charge < -0.3 is 0 Å². The predicted octanol–water partition coefficient (Wildman–Crippen LogP) is 1.67. The minimum atomic E-state index is 0.454. The maximum atomic E-state index is 5.52. The van der Waals surface area contributed by atoms with Crippen molar-refractivity contribution in [2.24, 2.45) is 17.2 Å². The summed E-state index contributed by atoms with van der Waals surface area (Å²) in [4.78, 5) is 0. The second-order valence-electron chi connectivity index (χ2n) is 4.54.